The molecule has 0 unspecified atom stereocenters. The molecule has 0 aliphatic carbocycles. The lowest BCUT2D eigenvalue weighted by atomic mass is 10.1. The normalized spacial score (nSPS) is 11.3. The lowest BCUT2D eigenvalue weighted by Crippen LogP contribution is -2.16. The van der Waals surface area contributed by atoms with Gasteiger partial charge in [0.15, 0.2) is 5.84 Å². The number of oxime groups is 1. The molecule has 1 aromatic carbocycles. The van der Waals surface area contributed by atoms with Crippen molar-refractivity contribution >= 4 is 17.4 Å². The van der Waals surface area contributed by atoms with Crippen LogP contribution in [-0.2, 0) is 6.54 Å². The molecule has 0 aliphatic rings. The molecule has 0 aliphatic heterocycles. The average molecular weight is 270 g/mol. The van der Waals surface area contributed by atoms with Gasteiger partial charge in [-0.25, -0.2) is 0 Å². The molecule has 0 aromatic heterocycles. The summed E-state index contributed by atoms with van der Waals surface area (Å²) in [7, 11) is 1.53. The van der Waals surface area contributed by atoms with Crippen molar-refractivity contribution in [2.24, 2.45) is 10.9 Å². The smallest absolute Gasteiger partial charge is 0.173 e. The molecule has 0 amide bonds. The molecule has 0 fully saturated rings. The summed E-state index contributed by atoms with van der Waals surface area (Å²) in [6.45, 7) is 4.74. The Labute approximate surface area is 111 Å². The molecule has 0 spiro atoms. The molecular weight excluding hydrogens is 254 g/mol. The van der Waals surface area contributed by atoms with Crippen molar-refractivity contribution in [1.29, 1.82) is 0 Å². The second kappa shape index (κ2) is 6.88. The van der Waals surface area contributed by atoms with Crippen LogP contribution in [0.5, 0.6) is 5.75 Å². The first-order chi connectivity index (χ1) is 8.58. The number of ether oxygens (including phenoxy) is 1. The second-order valence-corrected chi connectivity index (χ2v) is 4.18. The number of hydrogen-bond donors (Lipinski definition) is 3. The van der Waals surface area contributed by atoms with Gasteiger partial charge >= 0.3 is 0 Å². The van der Waals surface area contributed by atoms with Gasteiger partial charge in [0.05, 0.1) is 12.7 Å². The van der Waals surface area contributed by atoms with Gasteiger partial charge in [0.2, 0.25) is 0 Å². The highest BCUT2D eigenvalue weighted by atomic mass is 35.5. The van der Waals surface area contributed by atoms with Crippen LogP contribution in [0.2, 0.25) is 0 Å². The van der Waals surface area contributed by atoms with E-state index in [4.69, 9.17) is 27.3 Å². The van der Waals surface area contributed by atoms with E-state index in [-0.39, 0.29) is 5.84 Å². The highest BCUT2D eigenvalue weighted by Crippen LogP contribution is 2.20. The van der Waals surface area contributed by atoms with Gasteiger partial charge in [-0.1, -0.05) is 29.4 Å². The number of benzene rings is 1. The Morgan fingerprint density at radius 2 is 2.33 bits per heavy atom. The molecule has 0 saturated carbocycles. The topological polar surface area (TPSA) is 79.9 Å². The van der Waals surface area contributed by atoms with Crippen molar-refractivity contribution in [1.82, 2.24) is 5.32 Å². The Balaban J connectivity index is 2.82. The van der Waals surface area contributed by atoms with Crippen LogP contribution in [0, 0.1) is 0 Å². The van der Waals surface area contributed by atoms with E-state index in [1.165, 1.54) is 7.11 Å². The zero-order chi connectivity index (χ0) is 13.5. The van der Waals surface area contributed by atoms with Gasteiger partial charge in [-0.05, 0) is 17.7 Å². The minimum Gasteiger partial charge on any atom is -0.496 e. The monoisotopic (exact) mass is 269 g/mol. The van der Waals surface area contributed by atoms with Crippen LogP contribution in [0.3, 0.4) is 0 Å². The van der Waals surface area contributed by atoms with Crippen LogP contribution in [0.4, 0.5) is 0 Å². The largest absolute Gasteiger partial charge is 0.496 e. The number of nitrogens with zero attached hydrogens (tertiary/aromatic N) is 1. The summed E-state index contributed by atoms with van der Waals surface area (Å²) >= 11 is 5.65. The number of halogens is 1. The molecule has 4 N–H and O–H groups in total. The lowest BCUT2D eigenvalue weighted by Gasteiger charge is -2.10. The molecule has 0 atom stereocenters. The van der Waals surface area contributed by atoms with Crippen LogP contribution in [0.25, 0.3) is 0 Å². The molecule has 0 radical (unpaired) electrons. The lowest BCUT2D eigenvalue weighted by molar-refractivity contribution is 0.318. The SMILES string of the molecule is C=C(Cl)CNCc1ccc(/C(N)=N/O)c(OC)c1. The van der Waals surface area contributed by atoms with Gasteiger partial charge in [-0.15, -0.1) is 0 Å². The quantitative estimate of drug-likeness (QED) is 0.317. The maximum Gasteiger partial charge on any atom is 0.173 e. The molecule has 1 rings (SSSR count). The number of nitrogens with one attached hydrogen (secondary N) is 1. The molecule has 1 aromatic rings. The van der Waals surface area contributed by atoms with Gasteiger partial charge in [0.1, 0.15) is 5.75 Å². The molecule has 6 heteroatoms. The highest BCUT2D eigenvalue weighted by Gasteiger charge is 2.08. The van der Waals surface area contributed by atoms with Crippen molar-refractivity contribution in [3.05, 3.63) is 40.9 Å². The van der Waals surface area contributed by atoms with Gasteiger partial charge in [0, 0.05) is 18.1 Å². The summed E-state index contributed by atoms with van der Waals surface area (Å²) in [6, 6.07) is 5.41. The van der Waals surface area contributed by atoms with E-state index < -0.39 is 0 Å². The fraction of sp³-hybridized carbons (Fsp3) is 0.250. The number of hydrogen-bond acceptors (Lipinski definition) is 4. The van der Waals surface area contributed by atoms with Crippen molar-refractivity contribution < 1.29 is 9.94 Å². The predicted octanol–water partition coefficient (Wildman–Crippen LogP) is 1.63. The standard InChI is InChI=1S/C12H16ClN3O2/c1-8(13)6-15-7-9-3-4-10(12(14)16-17)11(5-9)18-2/h3-5,15,17H,1,6-7H2,2H3,(H2,14,16). The molecule has 0 heterocycles. The maximum absolute atomic E-state index is 8.65. The fourth-order valence-electron chi connectivity index (χ4n) is 1.45. The van der Waals surface area contributed by atoms with Crippen molar-refractivity contribution in [3.8, 4) is 5.75 Å². The van der Waals surface area contributed by atoms with E-state index in [2.05, 4.69) is 17.1 Å². The number of rotatable bonds is 6. The van der Waals surface area contributed by atoms with E-state index in [9.17, 15) is 0 Å². The van der Waals surface area contributed by atoms with Crippen LogP contribution in [0.15, 0.2) is 35.0 Å². The number of nitrogens with two attached hydrogens (primary N) is 1. The number of methoxy groups -OCH3 is 1. The Morgan fingerprint density at radius 1 is 1.61 bits per heavy atom. The molecule has 0 saturated heterocycles. The Morgan fingerprint density at radius 3 is 2.89 bits per heavy atom. The molecule has 18 heavy (non-hydrogen) atoms. The van der Waals surface area contributed by atoms with Crippen molar-refractivity contribution in [3.63, 3.8) is 0 Å². The summed E-state index contributed by atoms with van der Waals surface area (Å²) in [4.78, 5) is 0. The van der Waals surface area contributed by atoms with Crippen LogP contribution >= 0.6 is 11.6 Å². The zero-order valence-electron chi connectivity index (χ0n) is 10.1. The van der Waals surface area contributed by atoms with Crippen molar-refractivity contribution in [2.75, 3.05) is 13.7 Å². The summed E-state index contributed by atoms with van der Waals surface area (Å²) < 4.78 is 5.19. The first kappa shape index (κ1) is 14.3. The molecular formula is C12H16ClN3O2. The molecule has 5 nitrogen and oxygen atoms in total. The highest BCUT2D eigenvalue weighted by molar-refractivity contribution is 6.29. The third-order valence-corrected chi connectivity index (χ3v) is 2.43. The van der Waals surface area contributed by atoms with E-state index in [0.717, 1.165) is 5.56 Å². The van der Waals surface area contributed by atoms with Gasteiger partial charge < -0.3 is 21.0 Å². The minimum absolute atomic E-state index is 0.0143. The molecule has 0 bridgehead atoms. The van der Waals surface area contributed by atoms with E-state index >= 15 is 0 Å². The Kier molecular flexibility index (Phi) is 5.48. The second-order valence-electron chi connectivity index (χ2n) is 3.64. The summed E-state index contributed by atoms with van der Waals surface area (Å²) in [5.74, 6) is 0.565. The van der Waals surface area contributed by atoms with Crippen LogP contribution in [-0.4, -0.2) is 24.7 Å². The minimum atomic E-state index is 0.0143. The van der Waals surface area contributed by atoms with Gasteiger partial charge in [-0.2, -0.15) is 0 Å². The first-order valence-corrected chi connectivity index (χ1v) is 5.65. The Hall–Kier alpha value is -1.72. The maximum atomic E-state index is 8.65. The van der Waals surface area contributed by atoms with E-state index in [0.29, 0.717) is 29.4 Å². The van der Waals surface area contributed by atoms with Gasteiger partial charge in [-0.3, -0.25) is 0 Å². The summed E-state index contributed by atoms with van der Waals surface area (Å²) in [6.07, 6.45) is 0. The van der Waals surface area contributed by atoms with Crippen LogP contribution < -0.4 is 15.8 Å². The number of amidine groups is 1. The van der Waals surface area contributed by atoms with Crippen LogP contribution in [0.1, 0.15) is 11.1 Å². The zero-order valence-corrected chi connectivity index (χ0v) is 10.9. The third kappa shape index (κ3) is 3.94. The average Bonchev–Trinajstić information content (AvgIpc) is 2.37. The summed E-state index contributed by atoms with van der Waals surface area (Å²) in [5, 5.41) is 15.3. The first-order valence-electron chi connectivity index (χ1n) is 5.27. The fourth-order valence-corrected chi connectivity index (χ4v) is 1.55. The summed E-state index contributed by atoms with van der Waals surface area (Å²) in [5.41, 5.74) is 7.08. The molecule has 98 valence electrons. The van der Waals surface area contributed by atoms with Gasteiger partial charge in [0.25, 0.3) is 0 Å². The Bertz CT molecular complexity index is 461. The van der Waals surface area contributed by atoms with E-state index in [1.54, 1.807) is 6.07 Å². The third-order valence-electron chi connectivity index (χ3n) is 2.30. The van der Waals surface area contributed by atoms with Crippen molar-refractivity contribution in [2.45, 2.75) is 6.54 Å². The predicted molar refractivity (Wildman–Crippen MR) is 72.2 cm³/mol. The van der Waals surface area contributed by atoms with E-state index in [1.807, 2.05) is 12.1 Å².